The molecule has 1 fully saturated rings. The van der Waals surface area contributed by atoms with Crippen LogP contribution >= 0.6 is 0 Å². The van der Waals surface area contributed by atoms with Crippen LogP contribution in [0.15, 0.2) is 47.0 Å². The van der Waals surface area contributed by atoms with Crippen LogP contribution in [0.3, 0.4) is 0 Å². The largest absolute Gasteiger partial charge is 0.334 e. The van der Waals surface area contributed by atoms with Crippen LogP contribution in [0, 0.1) is 0 Å². The quantitative estimate of drug-likeness (QED) is 0.562. The molecule has 0 saturated heterocycles. The summed E-state index contributed by atoms with van der Waals surface area (Å²) in [4.78, 5) is 15.8. The van der Waals surface area contributed by atoms with E-state index in [1.54, 1.807) is 6.07 Å². The summed E-state index contributed by atoms with van der Waals surface area (Å²) >= 11 is 0. The molecular formula is C21H20N6O2. The molecule has 0 spiro atoms. The van der Waals surface area contributed by atoms with Crippen LogP contribution in [0.1, 0.15) is 38.6 Å². The van der Waals surface area contributed by atoms with Crippen molar-refractivity contribution in [2.45, 2.75) is 38.6 Å². The minimum absolute atomic E-state index is 0.132. The number of anilines is 1. The van der Waals surface area contributed by atoms with Crippen molar-refractivity contribution in [2.75, 3.05) is 5.32 Å². The first-order valence-corrected chi connectivity index (χ1v) is 9.74. The van der Waals surface area contributed by atoms with Gasteiger partial charge in [-0.1, -0.05) is 29.3 Å². The third-order valence-corrected chi connectivity index (χ3v) is 5.26. The highest BCUT2D eigenvalue weighted by Crippen LogP contribution is 2.32. The Morgan fingerprint density at radius 3 is 2.83 bits per heavy atom. The van der Waals surface area contributed by atoms with E-state index in [2.05, 4.69) is 25.8 Å². The smallest absolute Gasteiger partial charge is 0.258 e. The lowest BCUT2D eigenvalue weighted by molar-refractivity contribution is -0.114. The van der Waals surface area contributed by atoms with Gasteiger partial charge in [0, 0.05) is 23.7 Å². The zero-order valence-electron chi connectivity index (χ0n) is 16.0. The summed E-state index contributed by atoms with van der Waals surface area (Å²) in [6, 6.07) is 13.7. The lowest BCUT2D eigenvalue weighted by atomic mass is 10.1. The van der Waals surface area contributed by atoms with Crippen molar-refractivity contribution in [1.29, 1.82) is 0 Å². The third-order valence-electron chi connectivity index (χ3n) is 5.26. The van der Waals surface area contributed by atoms with Gasteiger partial charge in [-0.15, -0.1) is 5.10 Å². The van der Waals surface area contributed by atoms with Gasteiger partial charge in [-0.25, -0.2) is 4.68 Å². The Kier molecular flexibility index (Phi) is 4.31. The van der Waals surface area contributed by atoms with Crippen LogP contribution in [0.5, 0.6) is 0 Å². The van der Waals surface area contributed by atoms with Crippen molar-refractivity contribution >= 4 is 22.6 Å². The fourth-order valence-corrected chi connectivity index (χ4v) is 3.89. The summed E-state index contributed by atoms with van der Waals surface area (Å²) in [5.74, 6) is 0.747. The van der Waals surface area contributed by atoms with Gasteiger partial charge in [0.2, 0.25) is 11.7 Å². The maximum absolute atomic E-state index is 11.3. The average Bonchev–Trinajstić information content (AvgIpc) is 3.46. The molecule has 29 heavy (non-hydrogen) atoms. The van der Waals surface area contributed by atoms with Crippen molar-refractivity contribution in [3.63, 3.8) is 0 Å². The number of hydrogen-bond acceptors (Lipinski definition) is 6. The van der Waals surface area contributed by atoms with E-state index in [-0.39, 0.29) is 5.91 Å². The highest BCUT2D eigenvalue weighted by molar-refractivity contribution is 5.89. The molecule has 1 aliphatic rings. The number of fused-ring (bicyclic) bond motifs is 1. The first kappa shape index (κ1) is 17.5. The Morgan fingerprint density at radius 2 is 2.00 bits per heavy atom. The summed E-state index contributed by atoms with van der Waals surface area (Å²) in [6.07, 6.45) is 4.82. The van der Waals surface area contributed by atoms with Crippen LogP contribution in [0.4, 0.5) is 5.69 Å². The molecule has 1 N–H and O–H groups in total. The zero-order chi connectivity index (χ0) is 19.8. The van der Waals surface area contributed by atoms with Gasteiger partial charge < -0.3 is 9.84 Å². The van der Waals surface area contributed by atoms with E-state index in [9.17, 15) is 4.79 Å². The Bertz CT molecular complexity index is 1190. The first-order chi connectivity index (χ1) is 14.2. The number of nitrogens with zero attached hydrogens (tertiary/aromatic N) is 5. The second-order valence-electron chi connectivity index (χ2n) is 7.36. The molecule has 0 bridgehead atoms. The molecule has 8 heteroatoms. The predicted molar refractivity (Wildman–Crippen MR) is 108 cm³/mol. The van der Waals surface area contributed by atoms with Crippen LogP contribution in [-0.2, 0) is 4.79 Å². The number of carbonyl (C=O) groups excluding carboxylic acids is 1. The fraction of sp³-hybridized carbons (Fsp3) is 0.286. The lowest BCUT2D eigenvalue weighted by Gasteiger charge is -2.09. The molecule has 4 aromatic rings. The second-order valence-corrected chi connectivity index (χ2v) is 7.36. The SMILES string of the molecule is CC(=O)Nc1cccc(-c2nc(-c3ccc4c(c3)nnn4C3CCCC3)no2)c1. The highest BCUT2D eigenvalue weighted by atomic mass is 16.5. The van der Waals surface area contributed by atoms with E-state index in [0.29, 0.717) is 23.4 Å². The van der Waals surface area contributed by atoms with Crippen molar-refractivity contribution in [3.8, 4) is 22.8 Å². The Morgan fingerprint density at radius 1 is 1.14 bits per heavy atom. The number of hydrogen-bond donors (Lipinski definition) is 1. The fourth-order valence-electron chi connectivity index (χ4n) is 3.89. The average molecular weight is 388 g/mol. The van der Waals surface area contributed by atoms with E-state index in [1.807, 2.05) is 41.1 Å². The molecule has 2 aromatic heterocycles. The minimum atomic E-state index is -0.132. The molecule has 146 valence electrons. The molecule has 1 amide bonds. The summed E-state index contributed by atoms with van der Waals surface area (Å²) in [7, 11) is 0. The maximum atomic E-state index is 11.3. The van der Waals surface area contributed by atoms with Gasteiger partial charge in [-0.3, -0.25) is 4.79 Å². The summed E-state index contributed by atoms with van der Waals surface area (Å²) in [6.45, 7) is 1.47. The van der Waals surface area contributed by atoms with Crippen LogP contribution < -0.4 is 5.32 Å². The van der Waals surface area contributed by atoms with Crippen LogP contribution in [0.25, 0.3) is 33.9 Å². The second kappa shape index (κ2) is 7.12. The molecule has 0 aliphatic heterocycles. The topological polar surface area (TPSA) is 98.7 Å². The normalized spacial score (nSPS) is 14.5. The monoisotopic (exact) mass is 388 g/mol. The number of nitrogens with one attached hydrogen (secondary N) is 1. The molecule has 0 radical (unpaired) electrons. The number of benzene rings is 2. The highest BCUT2D eigenvalue weighted by Gasteiger charge is 2.20. The molecule has 0 atom stereocenters. The number of aromatic nitrogens is 5. The standard InChI is InChI=1S/C21H20N6O2/c1-13(28)22-16-6-4-5-15(11-16)21-23-20(25-29-21)14-9-10-19-18(12-14)24-26-27(19)17-7-2-3-8-17/h4-6,9-12,17H,2-3,7-8H2,1H3,(H,22,28). The number of carbonyl (C=O) groups is 1. The van der Waals surface area contributed by atoms with E-state index >= 15 is 0 Å². The molecule has 0 unspecified atom stereocenters. The van der Waals surface area contributed by atoms with E-state index in [0.717, 1.165) is 35.0 Å². The molecule has 2 heterocycles. The minimum Gasteiger partial charge on any atom is -0.334 e. The lowest BCUT2D eigenvalue weighted by Crippen LogP contribution is -2.06. The van der Waals surface area contributed by atoms with Crippen LogP contribution in [0.2, 0.25) is 0 Å². The molecule has 5 rings (SSSR count). The maximum Gasteiger partial charge on any atom is 0.258 e. The van der Waals surface area contributed by atoms with Gasteiger partial charge in [-0.05, 0) is 49.2 Å². The zero-order valence-corrected chi connectivity index (χ0v) is 16.0. The van der Waals surface area contributed by atoms with Crippen molar-refractivity contribution in [2.24, 2.45) is 0 Å². The van der Waals surface area contributed by atoms with Gasteiger partial charge in [0.25, 0.3) is 5.89 Å². The summed E-state index contributed by atoms with van der Waals surface area (Å²) in [5.41, 5.74) is 4.10. The molecule has 8 nitrogen and oxygen atoms in total. The molecular weight excluding hydrogens is 368 g/mol. The first-order valence-electron chi connectivity index (χ1n) is 9.74. The Balaban J connectivity index is 1.44. The molecule has 1 saturated carbocycles. The van der Waals surface area contributed by atoms with Gasteiger partial charge in [0.05, 0.1) is 11.6 Å². The van der Waals surface area contributed by atoms with E-state index in [4.69, 9.17) is 4.52 Å². The van der Waals surface area contributed by atoms with E-state index in [1.165, 1.54) is 19.8 Å². The summed E-state index contributed by atoms with van der Waals surface area (Å²) < 4.78 is 7.49. The Hall–Kier alpha value is -3.55. The Labute approximate surface area is 166 Å². The third kappa shape index (κ3) is 3.37. The van der Waals surface area contributed by atoms with Gasteiger partial charge in [-0.2, -0.15) is 4.98 Å². The van der Waals surface area contributed by atoms with Gasteiger partial charge in [0.1, 0.15) is 5.52 Å². The number of rotatable bonds is 4. The number of amides is 1. The van der Waals surface area contributed by atoms with Crippen molar-refractivity contribution < 1.29 is 9.32 Å². The predicted octanol–water partition coefficient (Wildman–Crippen LogP) is 4.22. The molecule has 2 aromatic carbocycles. The van der Waals surface area contributed by atoms with Gasteiger partial charge in [0.15, 0.2) is 0 Å². The van der Waals surface area contributed by atoms with Gasteiger partial charge >= 0.3 is 0 Å². The van der Waals surface area contributed by atoms with Crippen LogP contribution in [-0.4, -0.2) is 31.0 Å². The van der Waals surface area contributed by atoms with E-state index < -0.39 is 0 Å². The summed E-state index contributed by atoms with van der Waals surface area (Å²) in [5, 5.41) is 15.6. The molecule has 1 aliphatic carbocycles. The van der Waals surface area contributed by atoms with Crippen molar-refractivity contribution in [1.82, 2.24) is 25.1 Å². The van der Waals surface area contributed by atoms with Crippen molar-refractivity contribution in [3.05, 3.63) is 42.5 Å².